The molecular weight excluding hydrogens is 195 g/mol. The molecule has 1 heterocycles. The number of anilines is 2. The second kappa shape index (κ2) is 2.88. The lowest BCUT2D eigenvalue weighted by atomic mass is 10.2. The first kappa shape index (κ1) is 7.77. The van der Waals surface area contributed by atoms with Crippen LogP contribution in [0.15, 0.2) is 36.7 Å². The third-order valence-electron chi connectivity index (χ3n) is 1.67. The summed E-state index contributed by atoms with van der Waals surface area (Å²) in [5.74, 6) is 0. The van der Waals surface area contributed by atoms with Gasteiger partial charge in [-0.15, -0.1) is 0 Å². The number of halogens is 2. The normalized spacial score (nSPS) is 14.8. The Bertz CT molecular complexity index is 294. The fourth-order valence-corrected chi connectivity index (χ4v) is 1.49. The summed E-state index contributed by atoms with van der Waals surface area (Å²) >= 11 is 11.7. The number of nitrogens with zero attached hydrogens (tertiary/aromatic N) is 2. The van der Waals surface area contributed by atoms with Crippen LogP contribution in [-0.2, 0) is 0 Å². The predicted octanol–water partition coefficient (Wildman–Crippen LogP) is 3.09. The third-order valence-corrected chi connectivity index (χ3v) is 2.26. The van der Waals surface area contributed by atoms with E-state index in [9.17, 15) is 0 Å². The highest BCUT2D eigenvalue weighted by molar-refractivity contribution is 6.32. The van der Waals surface area contributed by atoms with Crippen molar-refractivity contribution in [3.05, 3.63) is 36.7 Å². The van der Waals surface area contributed by atoms with E-state index in [0.717, 1.165) is 11.4 Å². The van der Waals surface area contributed by atoms with Gasteiger partial charge in [0.05, 0.1) is 11.4 Å². The molecule has 1 aromatic rings. The maximum Gasteiger partial charge on any atom is 0.0825 e. The van der Waals surface area contributed by atoms with Gasteiger partial charge in [0.25, 0.3) is 0 Å². The SMILES string of the molecule is ClN1C=CN(Cl)c2ccccc21. The smallest absolute Gasteiger partial charge is 0.0825 e. The number of fused-ring (bicyclic) bond motifs is 1. The number of hydrogen-bond donors (Lipinski definition) is 0. The number of rotatable bonds is 0. The van der Waals surface area contributed by atoms with E-state index in [0.29, 0.717) is 0 Å². The summed E-state index contributed by atoms with van der Waals surface area (Å²) in [5, 5.41) is 0. The Morgan fingerprint density at radius 1 is 0.833 bits per heavy atom. The van der Waals surface area contributed by atoms with Crippen LogP contribution in [0.2, 0.25) is 0 Å². The molecule has 1 aliphatic rings. The van der Waals surface area contributed by atoms with Gasteiger partial charge in [-0.25, -0.2) is 0 Å². The second-order valence-corrected chi connectivity index (χ2v) is 3.14. The molecule has 0 radical (unpaired) electrons. The molecule has 62 valence electrons. The summed E-state index contributed by atoms with van der Waals surface area (Å²) in [7, 11) is 0. The molecule has 0 aromatic heterocycles. The molecule has 0 aliphatic carbocycles. The van der Waals surface area contributed by atoms with E-state index in [1.807, 2.05) is 24.3 Å². The van der Waals surface area contributed by atoms with Crippen LogP contribution in [0, 0.1) is 0 Å². The molecule has 2 nitrogen and oxygen atoms in total. The van der Waals surface area contributed by atoms with Gasteiger partial charge in [0.15, 0.2) is 0 Å². The number of benzene rings is 1. The van der Waals surface area contributed by atoms with Crippen molar-refractivity contribution in [1.29, 1.82) is 0 Å². The van der Waals surface area contributed by atoms with E-state index in [1.165, 1.54) is 8.84 Å². The average molecular weight is 201 g/mol. The first-order valence-electron chi connectivity index (χ1n) is 3.46. The predicted molar refractivity (Wildman–Crippen MR) is 52.2 cm³/mol. The van der Waals surface area contributed by atoms with Crippen molar-refractivity contribution >= 4 is 34.9 Å². The number of para-hydroxylation sites is 2. The van der Waals surface area contributed by atoms with Crippen molar-refractivity contribution in [3.8, 4) is 0 Å². The summed E-state index contributed by atoms with van der Waals surface area (Å²) in [6.07, 6.45) is 3.38. The van der Waals surface area contributed by atoms with Gasteiger partial charge in [-0.2, -0.15) is 0 Å². The van der Waals surface area contributed by atoms with E-state index in [-0.39, 0.29) is 0 Å². The zero-order chi connectivity index (χ0) is 8.55. The van der Waals surface area contributed by atoms with Crippen LogP contribution in [0.3, 0.4) is 0 Å². The van der Waals surface area contributed by atoms with Gasteiger partial charge in [-0.1, -0.05) is 12.1 Å². The fourth-order valence-electron chi connectivity index (χ4n) is 1.10. The van der Waals surface area contributed by atoms with Crippen molar-refractivity contribution < 1.29 is 0 Å². The molecule has 0 amide bonds. The zero-order valence-corrected chi connectivity index (χ0v) is 7.63. The standard InChI is InChI=1S/C8H6Cl2N2/c9-11-5-6-12(10)8-4-2-1-3-7(8)11/h1-6H. The fraction of sp³-hybridized carbons (Fsp3) is 0. The van der Waals surface area contributed by atoms with E-state index in [1.54, 1.807) is 12.4 Å². The summed E-state index contributed by atoms with van der Waals surface area (Å²) in [6, 6.07) is 7.64. The Morgan fingerprint density at radius 2 is 1.25 bits per heavy atom. The minimum absolute atomic E-state index is 0.886. The second-order valence-electron chi connectivity index (χ2n) is 2.41. The Kier molecular flexibility index (Phi) is 1.87. The monoisotopic (exact) mass is 200 g/mol. The molecule has 0 atom stereocenters. The van der Waals surface area contributed by atoms with E-state index >= 15 is 0 Å². The van der Waals surface area contributed by atoms with Crippen LogP contribution in [0.4, 0.5) is 11.4 Å². The molecule has 0 saturated carbocycles. The molecule has 0 unspecified atom stereocenters. The van der Waals surface area contributed by atoms with Crippen LogP contribution in [0.25, 0.3) is 0 Å². The molecule has 0 saturated heterocycles. The summed E-state index contributed by atoms with van der Waals surface area (Å²) in [4.78, 5) is 0. The van der Waals surface area contributed by atoms with Gasteiger partial charge in [0.2, 0.25) is 0 Å². The lowest BCUT2D eigenvalue weighted by molar-refractivity contribution is 1.29. The van der Waals surface area contributed by atoms with E-state index in [4.69, 9.17) is 23.6 Å². The van der Waals surface area contributed by atoms with E-state index < -0.39 is 0 Å². The van der Waals surface area contributed by atoms with Crippen LogP contribution in [0.5, 0.6) is 0 Å². The third kappa shape index (κ3) is 1.13. The maximum absolute atomic E-state index is 5.87. The van der Waals surface area contributed by atoms with Crippen LogP contribution in [-0.4, -0.2) is 0 Å². The van der Waals surface area contributed by atoms with Crippen LogP contribution >= 0.6 is 23.6 Å². The number of hydrogen-bond acceptors (Lipinski definition) is 2. The summed E-state index contributed by atoms with van der Waals surface area (Å²) in [6.45, 7) is 0. The van der Waals surface area contributed by atoms with Gasteiger partial charge in [0, 0.05) is 36.0 Å². The minimum atomic E-state index is 0.886. The average Bonchev–Trinajstić information content (AvgIpc) is 2.12. The molecule has 0 fully saturated rings. The Labute approximate surface area is 80.8 Å². The molecule has 1 aromatic carbocycles. The summed E-state index contributed by atoms with van der Waals surface area (Å²) in [5.41, 5.74) is 1.77. The quantitative estimate of drug-likeness (QED) is 0.595. The first-order valence-corrected chi connectivity index (χ1v) is 4.14. The van der Waals surface area contributed by atoms with Crippen molar-refractivity contribution in [3.63, 3.8) is 0 Å². The first-order chi connectivity index (χ1) is 5.79. The Morgan fingerprint density at radius 3 is 1.67 bits per heavy atom. The lowest BCUT2D eigenvalue weighted by Crippen LogP contribution is -2.13. The Hall–Kier alpha value is -0.860. The topological polar surface area (TPSA) is 6.48 Å². The van der Waals surface area contributed by atoms with Gasteiger partial charge in [-0.3, -0.25) is 8.84 Å². The van der Waals surface area contributed by atoms with Gasteiger partial charge in [-0.05, 0) is 12.1 Å². The molecule has 0 N–H and O–H groups in total. The highest BCUT2D eigenvalue weighted by Gasteiger charge is 2.14. The van der Waals surface area contributed by atoms with E-state index in [2.05, 4.69) is 0 Å². The largest absolute Gasteiger partial charge is 0.257 e. The molecule has 12 heavy (non-hydrogen) atoms. The Balaban J connectivity index is 2.54. The van der Waals surface area contributed by atoms with Crippen molar-refractivity contribution in [1.82, 2.24) is 0 Å². The van der Waals surface area contributed by atoms with Crippen LogP contribution < -0.4 is 8.84 Å². The molecule has 2 rings (SSSR count). The highest BCUT2D eigenvalue weighted by Crippen LogP contribution is 2.35. The molecule has 0 bridgehead atoms. The van der Waals surface area contributed by atoms with Gasteiger partial charge < -0.3 is 0 Å². The van der Waals surface area contributed by atoms with Crippen molar-refractivity contribution in [2.75, 3.05) is 8.84 Å². The lowest BCUT2D eigenvalue weighted by Gasteiger charge is -2.24. The maximum atomic E-state index is 5.87. The molecule has 4 heteroatoms. The summed E-state index contributed by atoms with van der Waals surface area (Å²) < 4.78 is 3.02. The molecule has 0 spiro atoms. The molecule has 1 aliphatic heterocycles. The highest BCUT2D eigenvalue weighted by atomic mass is 35.5. The zero-order valence-electron chi connectivity index (χ0n) is 6.11. The minimum Gasteiger partial charge on any atom is -0.257 e. The van der Waals surface area contributed by atoms with Gasteiger partial charge in [0.1, 0.15) is 0 Å². The van der Waals surface area contributed by atoms with Gasteiger partial charge >= 0.3 is 0 Å². The van der Waals surface area contributed by atoms with Crippen molar-refractivity contribution in [2.24, 2.45) is 0 Å². The van der Waals surface area contributed by atoms with Crippen molar-refractivity contribution in [2.45, 2.75) is 0 Å². The van der Waals surface area contributed by atoms with Crippen LogP contribution in [0.1, 0.15) is 0 Å². The molecular formula is C8H6Cl2N2.